The largest absolute Gasteiger partial charge is 0.464 e. The Kier molecular flexibility index (Phi) is 1.81. The van der Waals surface area contributed by atoms with Crippen molar-refractivity contribution in [3.8, 4) is 0 Å². The Morgan fingerprint density at radius 3 is 3.00 bits per heavy atom. The van der Waals surface area contributed by atoms with Gasteiger partial charge in [-0.3, -0.25) is 0 Å². The van der Waals surface area contributed by atoms with Gasteiger partial charge in [0.2, 0.25) is 0 Å². The second kappa shape index (κ2) is 2.83. The molecule has 0 radical (unpaired) electrons. The van der Waals surface area contributed by atoms with Crippen LogP contribution in [0.25, 0.3) is 11.0 Å². The SMILES string of the molecule is Fc1cccc2occ(CS)c12. The molecule has 2 aromatic rings. The summed E-state index contributed by atoms with van der Waals surface area (Å²) in [5.41, 5.74) is 1.38. The van der Waals surface area contributed by atoms with E-state index >= 15 is 0 Å². The molecular formula is C9H7FOS. The first kappa shape index (κ1) is 7.68. The molecule has 3 heteroatoms. The zero-order chi connectivity index (χ0) is 8.55. The highest BCUT2D eigenvalue weighted by Crippen LogP contribution is 2.24. The standard InChI is InChI=1S/C9H7FOS/c10-7-2-1-3-8-9(7)6(5-12)4-11-8/h1-4,12H,5H2. The molecule has 0 amide bonds. The van der Waals surface area contributed by atoms with E-state index in [-0.39, 0.29) is 5.82 Å². The fourth-order valence-electron chi connectivity index (χ4n) is 1.22. The maximum Gasteiger partial charge on any atom is 0.137 e. The Labute approximate surface area is 74.6 Å². The Balaban J connectivity index is 2.83. The first-order valence-corrected chi connectivity index (χ1v) is 4.21. The Bertz CT molecular complexity index is 408. The van der Waals surface area contributed by atoms with Gasteiger partial charge in [-0.15, -0.1) is 0 Å². The molecular weight excluding hydrogens is 175 g/mol. The van der Waals surface area contributed by atoms with Crippen molar-refractivity contribution < 1.29 is 8.81 Å². The fourth-order valence-corrected chi connectivity index (χ4v) is 1.46. The summed E-state index contributed by atoms with van der Waals surface area (Å²) in [6.07, 6.45) is 1.54. The highest BCUT2D eigenvalue weighted by atomic mass is 32.1. The average molecular weight is 182 g/mol. The summed E-state index contributed by atoms with van der Waals surface area (Å²) in [4.78, 5) is 0. The molecule has 0 bridgehead atoms. The highest BCUT2D eigenvalue weighted by molar-refractivity contribution is 7.79. The smallest absolute Gasteiger partial charge is 0.137 e. The summed E-state index contributed by atoms with van der Waals surface area (Å²) in [6.45, 7) is 0. The summed E-state index contributed by atoms with van der Waals surface area (Å²) in [5.74, 6) is 0.249. The van der Waals surface area contributed by atoms with E-state index in [2.05, 4.69) is 12.6 Å². The minimum Gasteiger partial charge on any atom is -0.464 e. The summed E-state index contributed by atoms with van der Waals surface area (Å²) >= 11 is 4.07. The molecule has 0 N–H and O–H groups in total. The van der Waals surface area contributed by atoms with E-state index in [1.165, 1.54) is 6.07 Å². The number of rotatable bonds is 1. The zero-order valence-electron chi connectivity index (χ0n) is 6.25. The molecule has 62 valence electrons. The van der Waals surface area contributed by atoms with E-state index in [4.69, 9.17) is 4.42 Å². The van der Waals surface area contributed by atoms with Gasteiger partial charge < -0.3 is 4.42 Å². The van der Waals surface area contributed by atoms with E-state index in [1.54, 1.807) is 18.4 Å². The van der Waals surface area contributed by atoms with Gasteiger partial charge in [0.25, 0.3) is 0 Å². The van der Waals surface area contributed by atoms with Gasteiger partial charge in [-0.1, -0.05) is 6.07 Å². The lowest BCUT2D eigenvalue weighted by Crippen LogP contribution is -1.78. The average Bonchev–Trinajstić information content (AvgIpc) is 2.49. The van der Waals surface area contributed by atoms with Crippen LogP contribution < -0.4 is 0 Å². The molecule has 0 aliphatic carbocycles. The number of hydrogen-bond donors (Lipinski definition) is 1. The van der Waals surface area contributed by atoms with Gasteiger partial charge >= 0.3 is 0 Å². The lowest BCUT2D eigenvalue weighted by atomic mass is 10.2. The second-order valence-corrected chi connectivity index (χ2v) is 2.85. The van der Waals surface area contributed by atoms with Crippen LogP contribution in [-0.4, -0.2) is 0 Å². The minimum atomic E-state index is -0.245. The van der Waals surface area contributed by atoms with E-state index in [9.17, 15) is 4.39 Å². The molecule has 0 fully saturated rings. The zero-order valence-corrected chi connectivity index (χ0v) is 7.14. The van der Waals surface area contributed by atoms with Crippen LogP contribution in [-0.2, 0) is 5.75 Å². The second-order valence-electron chi connectivity index (χ2n) is 2.53. The van der Waals surface area contributed by atoms with Crippen LogP contribution in [0.15, 0.2) is 28.9 Å². The molecule has 0 saturated carbocycles. The van der Waals surface area contributed by atoms with Crippen molar-refractivity contribution in [3.63, 3.8) is 0 Å². The van der Waals surface area contributed by atoms with Gasteiger partial charge in [-0.05, 0) is 12.1 Å². The lowest BCUT2D eigenvalue weighted by Gasteiger charge is -1.92. The summed E-state index contributed by atoms with van der Waals surface area (Å²) < 4.78 is 18.3. The molecule has 1 aromatic heterocycles. The van der Waals surface area contributed by atoms with Gasteiger partial charge in [0.05, 0.1) is 11.6 Å². The molecule has 0 unspecified atom stereocenters. The van der Waals surface area contributed by atoms with E-state index in [1.807, 2.05) is 0 Å². The van der Waals surface area contributed by atoms with Crippen molar-refractivity contribution >= 4 is 23.6 Å². The van der Waals surface area contributed by atoms with Crippen LogP contribution in [0.1, 0.15) is 5.56 Å². The molecule has 12 heavy (non-hydrogen) atoms. The van der Waals surface area contributed by atoms with E-state index in [0.717, 1.165) is 5.56 Å². The van der Waals surface area contributed by atoms with Crippen LogP contribution in [0.5, 0.6) is 0 Å². The van der Waals surface area contributed by atoms with Crippen molar-refractivity contribution in [1.29, 1.82) is 0 Å². The lowest BCUT2D eigenvalue weighted by molar-refractivity contribution is 0.608. The molecule has 2 rings (SSSR count). The molecule has 0 atom stereocenters. The molecule has 0 aliphatic rings. The van der Waals surface area contributed by atoms with Crippen LogP contribution >= 0.6 is 12.6 Å². The third-order valence-corrected chi connectivity index (χ3v) is 2.14. The quantitative estimate of drug-likeness (QED) is 0.669. The molecule has 0 spiro atoms. The highest BCUT2D eigenvalue weighted by Gasteiger charge is 2.07. The van der Waals surface area contributed by atoms with Crippen LogP contribution in [0.2, 0.25) is 0 Å². The first-order valence-electron chi connectivity index (χ1n) is 3.58. The number of fused-ring (bicyclic) bond motifs is 1. The van der Waals surface area contributed by atoms with Gasteiger partial charge in [-0.2, -0.15) is 12.6 Å². The topological polar surface area (TPSA) is 13.1 Å². The third-order valence-electron chi connectivity index (χ3n) is 1.79. The molecule has 0 saturated heterocycles. The van der Waals surface area contributed by atoms with E-state index in [0.29, 0.717) is 16.7 Å². The van der Waals surface area contributed by atoms with Crippen molar-refractivity contribution in [2.75, 3.05) is 0 Å². The Hall–Kier alpha value is -0.960. The van der Waals surface area contributed by atoms with Gasteiger partial charge in [-0.25, -0.2) is 4.39 Å². The summed E-state index contributed by atoms with van der Waals surface area (Å²) in [5, 5.41) is 0.549. The maximum atomic E-state index is 13.2. The van der Waals surface area contributed by atoms with Gasteiger partial charge in [0.15, 0.2) is 0 Å². The summed E-state index contributed by atoms with van der Waals surface area (Å²) in [7, 11) is 0. The van der Waals surface area contributed by atoms with Crippen molar-refractivity contribution in [3.05, 3.63) is 35.8 Å². The van der Waals surface area contributed by atoms with Crippen LogP contribution in [0, 0.1) is 5.82 Å². The number of halogens is 1. The number of furan rings is 1. The fraction of sp³-hybridized carbons (Fsp3) is 0.111. The summed E-state index contributed by atoms with van der Waals surface area (Å²) in [6, 6.07) is 4.79. The molecule has 1 nitrogen and oxygen atoms in total. The number of thiol groups is 1. The van der Waals surface area contributed by atoms with Crippen molar-refractivity contribution in [1.82, 2.24) is 0 Å². The maximum absolute atomic E-state index is 13.2. The van der Waals surface area contributed by atoms with Crippen molar-refractivity contribution in [2.24, 2.45) is 0 Å². The predicted molar refractivity (Wildman–Crippen MR) is 48.9 cm³/mol. The third kappa shape index (κ3) is 1.01. The van der Waals surface area contributed by atoms with Crippen LogP contribution in [0.3, 0.4) is 0 Å². The van der Waals surface area contributed by atoms with E-state index < -0.39 is 0 Å². The number of benzene rings is 1. The van der Waals surface area contributed by atoms with Gasteiger partial charge in [0.1, 0.15) is 11.4 Å². The Morgan fingerprint density at radius 1 is 1.42 bits per heavy atom. The molecule has 0 aliphatic heterocycles. The monoisotopic (exact) mass is 182 g/mol. The van der Waals surface area contributed by atoms with Crippen molar-refractivity contribution in [2.45, 2.75) is 5.75 Å². The predicted octanol–water partition coefficient (Wildman–Crippen LogP) is 3.00. The van der Waals surface area contributed by atoms with Gasteiger partial charge in [0, 0.05) is 11.3 Å². The molecule has 1 aromatic carbocycles. The minimum absolute atomic E-state index is 0.245. The molecule has 1 heterocycles. The Morgan fingerprint density at radius 2 is 2.25 bits per heavy atom. The number of hydrogen-bond acceptors (Lipinski definition) is 2. The normalized spacial score (nSPS) is 10.8. The first-order chi connectivity index (χ1) is 5.83. The van der Waals surface area contributed by atoms with Crippen LogP contribution in [0.4, 0.5) is 4.39 Å².